The van der Waals surface area contributed by atoms with Crippen molar-refractivity contribution in [3.8, 4) is 5.75 Å². The summed E-state index contributed by atoms with van der Waals surface area (Å²) in [4.78, 5) is 65.5. The number of phenolic OH excluding ortho intramolecular Hbond substituents is 1. The number of nitrogens with one attached hydrogen (secondary N) is 3. The maximum Gasteiger partial charge on any atom is 0.246 e. The zero-order chi connectivity index (χ0) is 31.4. The van der Waals surface area contributed by atoms with E-state index in [0.717, 1.165) is 11.1 Å². The van der Waals surface area contributed by atoms with Crippen molar-refractivity contribution in [3.05, 3.63) is 65.7 Å². The molecule has 1 heterocycles. The second-order valence-corrected chi connectivity index (χ2v) is 11.4. The Hall–Kier alpha value is -4.10. The molecule has 0 spiro atoms. The van der Waals surface area contributed by atoms with Crippen molar-refractivity contribution in [2.24, 2.45) is 11.5 Å². The predicted octanol–water partition coefficient (Wildman–Crippen LogP) is -0.180. The van der Waals surface area contributed by atoms with Crippen molar-refractivity contribution in [1.82, 2.24) is 20.9 Å². The van der Waals surface area contributed by atoms with E-state index in [1.165, 1.54) is 28.8 Å². The van der Waals surface area contributed by atoms with E-state index in [1.807, 2.05) is 36.6 Å². The third-order valence-corrected chi connectivity index (χ3v) is 7.82. The van der Waals surface area contributed by atoms with Crippen LogP contribution in [0.15, 0.2) is 54.6 Å². The number of nitrogens with zero attached hydrogens (tertiary/aromatic N) is 1. The van der Waals surface area contributed by atoms with Crippen LogP contribution in [0.5, 0.6) is 5.75 Å². The molecule has 3 rings (SSSR count). The van der Waals surface area contributed by atoms with Gasteiger partial charge in [0.05, 0.1) is 12.6 Å². The van der Waals surface area contributed by atoms with Crippen LogP contribution in [-0.2, 0) is 36.8 Å². The average molecular weight is 613 g/mol. The Bertz CT molecular complexity index is 1260. The lowest BCUT2D eigenvalue weighted by Crippen LogP contribution is -2.56. The summed E-state index contributed by atoms with van der Waals surface area (Å²) >= 11 is 1.50. The third-order valence-electron chi connectivity index (χ3n) is 7.18. The van der Waals surface area contributed by atoms with E-state index in [1.54, 1.807) is 12.1 Å². The normalized spacial score (nSPS) is 16.5. The van der Waals surface area contributed by atoms with E-state index in [4.69, 9.17) is 11.5 Å². The molecule has 0 aromatic heterocycles. The third kappa shape index (κ3) is 10.3. The first-order valence-electron chi connectivity index (χ1n) is 14.1. The smallest absolute Gasteiger partial charge is 0.246 e. The fourth-order valence-electron chi connectivity index (χ4n) is 4.87. The van der Waals surface area contributed by atoms with Crippen molar-refractivity contribution in [2.75, 3.05) is 25.1 Å². The van der Waals surface area contributed by atoms with Gasteiger partial charge in [-0.25, -0.2) is 0 Å². The van der Waals surface area contributed by atoms with Crippen LogP contribution in [0.2, 0.25) is 0 Å². The summed E-state index contributed by atoms with van der Waals surface area (Å²) < 4.78 is 0. The van der Waals surface area contributed by atoms with Gasteiger partial charge in [0.25, 0.3) is 0 Å². The van der Waals surface area contributed by atoms with E-state index in [0.29, 0.717) is 31.6 Å². The van der Waals surface area contributed by atoms with Crippen LogP contribution in [0, 0.1) is 0 Å². The topological polar surface area (TPSA) is 197 Å². The van der Waals surface area contributed by atoms with Crippen LogP contribution in [0.3, 0.4) is 0 Å². The summed E-state index contributed by atoms with van der Waals surface area (Å²) in [7, 11) is 0. The molecule has 0 saturated carbocycles. The highest BCUT2D eigenvalue weighted by molar-refractivity contribution is 7.98. The minimum atomic E-state index is -0.975. The van der Waals surface area contributed by atoms with Crippen molar-refractivity contribution in [2.45, 2.75) is 56.3 Å². The minimum absolute atomic E-state index is 0.0984. The second kappa shape index (κ2) is 16.5. The number of thioether (sulfide) groups is 1. The number of phenols is 1. The second-order valence-electron chi connectivity index (χ2n) is 10.4. The van der Waals surface area contributed by atoms with Gasteiger partial charge in [0, 0.05) is 13.0 Å². The lowest BCUT2D eigenvalue weighted by molar-refractivity contribution is -0.140. The van der Waals surface area contributed by atoms with E-state index in [9.17, 15) is 29.1 Å². The molecule has 2 aromatic carbocycles. The highest BCUT2D eigenvalue weighted by atomic mass is 32.2. The number of likely N-dealkylation sites (tertiary alicyclic amines) is 1. The molecule has 4 unspecified atom stereocenters. The van der Waals surface area contributed by atoms with Gasteiger partial charge in [0.2, 0.25) is 29.5 Å². The highest BCUT2D eigenvalue weighted by Gasteiger charge is 2.36. The molecule has 1 saturated heterocycles. The first-order chi connectivity index (χ1) is 20.6. The molecule has 12 nitrogen and oxygen atoms in total. The highest BCUT2D eigenvalue weighted by Crippen LogP contribution is 2.19. The molecule has 1 aliphatic rings. The van der Waals surface area contributed by atoms with Gasteiger partial charge < -0.3 is 37.4 Å². The fourth-order valence-corrected chi connectivity index (χ4v) is 5.35. The van der Waals surface area contributed by atoms with Crippen LogP contribution in [-0.4, -0.2) is 88.8 Å². The van der Waals surface area contributed by atoms with Crippen LogP contribution < -0.4 is 27.4 Å². The molecule has 1 fully saturated rings. The molecule has 5 amide bonds. The standard InChI is InChI=1S/C30H40N6O6S/c1-43-15-13-23(35-28(40)22(31)16-20-9-11-21(37)12-10-20)29(41)33-18-26(38)34-24(17-19-6-3-2-4-7-19)30(42)36-14-5-8-25(36)27(32)39/h2-4,6-7,9-12,22-25,37H,5,8,13-18,31H2,1H3,(H2,32,39)(H,33,41)(H,34,38)(H,35,40). The number of aromatic hydroxyl groups is 1. The molecule has 43 heavy (non-hydrogen) atoms. The van der Waals surface area contributed by atoms with Gasteiger partial charge in [-0.1, -0.05) is 42.5 Å². The van der Waals surface area contributed by atoms with Crippen LogP contribution in [0.1, 0.15) is 30.4 Å². The molecule has 0 radical (unpaired) electrons. The average Bonchev–Trinajstić information content (AvgIpc) is 3.49. The van der Waals surface area contributed by atoms with Crippen molar-refractivity contribution in [3.63, 3.8) is 0 Å². The summed E-state index contributed by atoms with van der Waals surface area (Å²) in [6, 6.07) is 11.9. The number of hydrogen-bond acceptors (Lipinski definition) is 8. The number of benzene rings is 2. The molecular formula is C30H40N6O6S. The number of carbonyl (C=O) groups excluding carboxylic acids is 5. The summed E-state index contributed by atoms with van der Waals surface area (Å²) in [5, 5.41) is 17.4. The van der Waals surface area contributed by atoms with E-state index in [2.05, 4.69) is 16.0 Å². The molecule has 4 atom stereocenters. The quantitative estimate of drug-likeness (QED) is 0.159. The van der Waals surface area contributed by atoms with Gasteiger partial charge in [-0.3, -0.25) is 24.0 Å². The molecular weight excluding hydrogens is 572 g/mol. The number of amides is 5. The van der Waals surface area contributed by atoms with Gasteiger partial charge in [-0.05, 0) is 61.0 Å². The van der Waals surface area contributed by atoms with Crippen LogP contribution in [0.4, 0.5) is 0 Å². The Labute approximate surface area is 255 Å². The number of nitrogens with two attached hydrogens (primary N) is 2. The Balaban J connectivity index is 1.61. The largest absolute Gasteiger partial charge is 0.508 e. The Morgan fingerprint density at radius 2 is 1.63 bits per heavy atom. The number of primary amides is 1. The molecule has 1 aliphatic heterocycles. The predicted molar refractivity (Wildman–Crippen MR) is 164 cm³/mol. The Kier molecular flexibility index (Phi) is 12.8. The molecule has 0 aliphatic carbocycles. The maximum atomic E-state index is 13.4. The van der Waals surface area contributed by atoms with E-state index < -0.39 is 60.2 Å². The van der Waals surface area contributed by atoms with Gasteiger partial charge in [0.1, 0.15) is 23.9 Å². The number of hydrogen-bond donors (Lipinski definition) is 6. The Morgan fingerprint density at radius 1 is 0.953 bits per heavy atom. The van der Waals surface area contributed by atoms with Crippen LogP contribution in [0.25, 0.3) is 0 Å². The zero-order valence-corrected chi connectivity index (χ0v) is 25.0. The summed E-state index contributed by atoms with van der Waals surface area (Å²) in [6.45, 7) is -0.0715. The van der Waals surface area contributed by atoms with Gasteiger partial charge in [-0.2, -0.15) is 11.8 Å². The van der Waals surface area contributed by atoms with Gasteiger partial charge >= 0.3 is 0 Å². The van der Waals surface area contributed by atoms with E-state index in [-0.39, 0.29) is 18.6 Å². The SMILES string of the molecule is CSCCC(NC(=O)C(N)Cc1ccc(O)cc1)C(=O)NCC(=O)NC(Cc1ccccc1)C(=O)N1CCCC1C(N)=O. The zero-order valence-electron chi connectivity index (χ0n) is 24.2. The number of carbonyl (C=O) groups is 5. The summed E-state index contributed by atoms with van der Waals surface area (Å²) in [5.74, 6) is -2.03. The molecule has 232 valence electrons. The lowest BCUT2D eigenvalue weighted by atomic mass is 10.0. The first kappa shape index (κ1) is 33.4. The molecule has 13 heteroatoms. The van der Waals surface area contributed by atoms with Gasteiger partial charge in [-0.15, -0.1) is 0 Å². The van der Waals surface area contributed by atoms with Crippen molar-refractivity contribution in [1.29, 1.82) is 0 Å². The molecule has 0 bridgehead atoms. The monoisotopic (exact) mass is 612 g/mol. The molecule has 2 aromatic rings. The van der Waals surface area contributed by atoms with Crippen LogP contribution >= 0.6 is 11.8 Å². The maximum absolute atomic E-state index is 13.4. The lowest BCUT2D eigenvalue weighted by Gasteiger charge is -2.28. The molecule has 8 N–H and O–H groups in total. The van der Waals surface area contributed by atoms with E-state index >= 15 is 0 Å². The van der Waals surface area contributed by atoms with Crippen molar-refractivity contribution >= 4 is 41.3 Å². The first-order valence-corrected chi connectivity index (χ1v) is 15.5. The van der Waals surface area contributed by atoms with Crippen molar-refractivity contribution < 1.29 is 29.1 Å². The minimum Gasteiger partial charge on any atom is -0.508 e. The summed E-state index contributed by atoms with van der Waals surface area (Å²) in [6.07, 6.45) is 3.66. The van der Waals surface area contributed by atoms with Gasteiger partial charge in [0.15, 0.2) is 0 Å². The Morgan fingerprint density at radius 3 is 2.28 bits per heavy atom. The number of rotatable bonds is 15. The summed E-state index contributed by atoms with van der Waals surface area (Å²) in [5.41, 5.74) is 13.1. The fraction of sp³-hybridized carbons (Fsp3) is 0.433.